The molecule has 0 spiro atoms. The largest absolute Gasteiger partial charge is 0.393 e. The van der Waals surface area contributed by atoms with Gasteiger partial charge in [-0.3, -0.25) is 4.79 Å². The van der Waals surface area contributed by atoms with Crippen molar-refractivity contribution in [3.05, 3.63) is 30.3 Å². The molecule has 2 N–H and O–H groups in total. The van der Waals surface area contributed by atoms with Crippen molar-refractivity contribution in [2.45, 2.75) is 19.3 Å². The number of carbonyl (C=O) groups is 1. The fourth-order valence-corrected chi connectivity index (χ4v) is 2.45. The van der Waals surface area contributed by atoms with Gasteiger partial charge in [-0.1, -0.05) is 30.4 Å². The molecule has 0 bridgehead atoms. The lowest BCUT2D eigenvalue weighted by Crippen LogP contribution is -2.40. The van der Waals surface area contributed by atoms with E-state index in [1.807, 2.05) is 30.3 Å². The molecule has 1 aliphatic rings. The molecule has 108 valence electrons. The van der Waals surface area contributed by atoms with Crippen molar-refractivity contribution in [3.8, 4) is 0 Å². The Balaban J connectivity index is 2.12. The van der Waals surface area contributed by atoms with Crippen LogP contribution < -0.4 is 10.6 Å². The lowest BCUT2D eigenvalue weighted by molar-refractivity contribution is -0.125. The van der Waals surface area contributed by atoms with Gasteiger partial charge in [-0.15, -0.1) is 0 Å². The van der Waals surface area contributed by atoms with E-state index >= 15 is 0 Å². The number of amides is 1. The molecule has 5 heteroatoms. The zero-order valence-corrected chi connectivity index (χ0v) is 12.3. The van der Waals surface area contributed by atoms with Crippen molar-refractivity contribution in [3.63, 3.8) is 0 Å². The molecule has 1 amide bonds. The van der Waals surface area contributed by atoms with Gasteiger partial charge in [-0.2, -0.15) is 0 Å². The number of anilines is 1. The fourth-order valence-electron chi connectivity index (χ4n) is 2.36. The lowest BCUT2D eigenvalue weighted by Gasteiger charge is -2.29. The molecule has 4 nitrogen and oxygen atoms in total. The maximum absolute atomic E-state index is 12.7. The van der Waals surface area contributed by atoms with Gasteiger partial charge in [0.2, 0.25) is 5.91 Å². The van der Waals surface area contributed by atoms with Crippen molar-refractivity contribution in [1.82, 2.24) is 0 Å². The molecule has 0 atom stereocenters. The molecule has 2 rings (SSSR count). The first kappa shape index (κ1) is 14.9. The number of nitrogens with two attached hydrogens (primary N) is 1. The average Bonchev–Trinajstić information content (AvgIpc) is 2.49. The van der Waals surface area contributed by atoms with Crippen LogP contribution in [0.3, 0.4) is 0 Å². The predicted molar refractivity (Wildman–Crippen MR) is 83.7 cm³/mol. The number of para-hydroxylation sites is 1. The predicted octanol–water partition coefficient (Wildman–Crippen LogP) is 2.12. The Morgan fingerprint density at radius 2 is 1.95 bits per heavy atom. The second-order valence-corrected chi connectivity index (χ2v) is 5.45. The fraction of sp³-hybridized carbons (Fsp3) is 0.467. The number of ether oxygens (including phenoxy) is 1. The average molecular weight is 292 g/mol. The van der Waals surface area contributed by atoms with Crippen LogP contribution in [0.25, 0.3) is 0 Å². The molecule has 0 aromatic heterocycles. The Labute approximate surface area is 124 Å². The second-order valence-electron chi connectivity index (χ2n) is 4.93. The summed E-state index contributed by atoms with van der Waals surface area (Å²) in [6.07, 6.45) is 2.11. The summed E-state index contributed by atoms with van der Waals surface area (Å²) < 4.78 is 5.32. The third-order valence-corrected chi connectivity index (χ3v) is 3.69. The van der Waals surface area contributed by atoms with Gasteiger partial charge in [0.25, 0.3) is 0 Å². The molecule has 1 saturated heterocycles. The minimum absolute atomic E-state index is 0.0373. The molecule has 0 radical (unpaired) electrons. The van der Waals surface area contributed by atoms with Crippen molar-refractivity contribution in [2.75, 3.05) is 24.7 Å². The summed E-state index contributed by atoms with van der Waals surface area (Å²) in [7, 11) is 0. The molecular weight excluding hydrogens is 272 g/mol. The van der Waals surface area contributed by atoms with E-state index in [-0.39, 0.29) is 11.8 Å². The molecule has 1 fully saturated rings. The highest BCUT2D eigenvalue weighted by molar-refractivity contribution is 7.80. The number of carbonyl (C=O) groups excluding carboxylic acids is 1. The van der Waals surface area contributed by atoms with E-state index in [0.29, 0.717) is 31.2 Å². The number of benzene rings is 1. The Kier molecular flexibility index (Phi) is 5.49. The summed E-state index contributed by atoms with van der Waals surface area (Å²) in [4.78, 5) is 14.9. The lowest BCUT2D eigenvalue weighted by atomic mass is 9.98. The smallest absolute Gasteiger partial charge is 0.230 e. The maximum Gasteiger partial charge on any atom is 0.230 e. The summed E-state index contributed by atoms with van der Waals surface area (Å²) >= 11 is 4.93. The van der Waals surface area contributed by atoms with Gasteiger partial charge < -0.3 is 15.4 Å². The van der Waals surface area contributed by atoms with Crippen molar-refractivity contribution in [1.29, 1.82) is 0 Å². The molecule has 20 heavy (non-hydrogen) atoms. The van der Waals surface area contributed by atoms with Gasteiger partial charge >= 0.3 is 0 Å². The van der Waals surface area contributed by atoms with Gasteiger partial charge in [0, 0.05) is 37.8 Å². The van der Waals surface area contributed by atoms with E-state index in [0.717, 1.165) is 18.5 Å². The van der Waals surface area contributed by atoms with Crippen LogP contribution in [-0.2, 0) is 9.53 Å². The molecule has 0 saturated carbocycles. The van der Waals surface area contributed by atoms with Gasteiger partial charge in [0.15, 0.2) is 0 Å². The van der Waals surface area contributed by atoms with E-state index in [4.69, 9.17) is 22.7 Å². The van der Waals surface area contributed by atoms with Crippen LogP contribution in [0.15, 0.2) is 30.3 Å². The van der Waals surface area contributed by atoms with Crippen LogP contribution in [0.1, 0.15) is 19.3 Å². The van der Waals surface area contributed by atoms with Gasteiger partial charge in [0.1, 0.15) is 0 Å². The van der Waals surface area contributed by atoms with E-state index in [1.165, 1.54) is 0 Å². The number of hydrogen-bond acceptors (Lipinski definition) is 3. The Morgan fingerprint density at radius 3 is 2.55 bits per heavy atom. The van der Waals surface area contributed by atoms with Gasteiger partial charge in [0.05, 0.1) is 4.99 Å². The van der Waals surface area contributed by atoms with E-state index in [1.54, 1.807) is 4.90 Å². The SMILES string of the molecule is NC(=S)CCN(C(=O)C1CCOCC1)c1ccccc1. The van der Waals surface area contributed by atoms with Gasteiger partial charge in [-0.25, -0.2) is 0 Å². The highest BCUT2D eigenvalue weighted by Crippen LogP contribution is 2.22. The summed E-state index contributed by atoms with van der Waals surface area (Å²) in [5.74, 6) is 0.186. The van der Waals surface area contributed by atoms with E-state index in [2.05, 4.69) is 0 Å². The Bertz CT molecular complexity index is 458. The maximum atomic E-state index is 12.7. The molecule has 1 heterocycles. The molecule has 1 aromatic rings. The first-order valence-corrected chi connectivity index (χ1v) is 7.32. The summed E-state index contributed by atoms with van der Waals surface area (Å²) in [6.45, 7) is 1.86. The highest BCUT2D eigenvalue weighted by Gasteiger charge is 2.27. The Hall–Kier alpha value is -1.46. The Morgan fingerprint density at radius 1 is 1.30 bits per heavy atom. The van der Waals surface area contributed by atoms with Crippen LogP contribution in [-0.4, -0.2) is 30.7 Å². The summed E-state index contributed by atoms with van der Waals surface area (Å²) in [6, 6.07) is 9.68. The third-order valence-electron chi connectivity index (χ3n) is 3.49. The number of rotatable bonds is 5. The first-order valence-electron chi connectivity index (χ1n) is 6.91. The third kappa shape index (κ3) is 4.02. The highest BCUT2D eigenvalue weighted by atomic mass is 32.1. The van der Waals surface area contributed by atoms with Crippen LogP contribution in [0.5, 0.6) is 0 Å². The standard InChI is InChI=1S/C15H20N2O2S/c16-14(20)6-9-17(13-4-2-1-3-5-13)15(18)12-7-10-19-11-8-12/h1-5,12H,6-11H2,(H2,16,20). The van der Waals surface area contributed by atoms with Crippen molar-refractivity contribution >= 4 is 28.8 Å². The van der Waals surface area contributed by atoms with E-state index < -0.39 is 0 Å². The molecule has 1 aliphatic heterocycles. The second kappa shape index (κ2) is 7.36. The monoisotopic (exact) mass is 292 g/mol. The first-order chi connectivity index (χ1) is 9.68. The topological polar surface area (TPSA) is 55.6 Å². The van der Waals surface area contributed by atoms with Gasteiger partial charge in [-0.05, 0) is 25.0 Å². The molecule has 0 aliphatic carbocycles. The van der Waals surface area contributed by atoms with Crippen LogP contribution in [0, 0.1) is 5.92 Å². The minimum Gasteiger partial charge on any atom is -0.393 e. The number of thiocarbonyl (C=S) groups is 1. The number of hydrogen-bond donors (Lipinski definition) is 1. The number of nitrogens with zero attached hydrogens (tertiary/aromatic N) is 1. The zero-order chi connectivity index (χ0) is 14.4. The quantitative estimate of drug-likeness (QED) is 0.845. The minimum atomic E-state index is 0.0373. The normalized spacial score (nSPS) is 15.8. The molecular formula is C15H20N2O2S. The summed E-state index contributed by atoms with van der Waals surface area (Å²) in [5, 5.41) is 0. The van der Waals surface area contributed by atoms with Crippen molar-refractivity contribution < 1.29 is 9.53 Å². The molecule has 1 aromatic carbocycles. The summed E-state index contributed by atoms with van der Waals surface area (Å²) in [5.41, 5.74) is 6.47. The zero-order valence-electron chi connectivity index (χ0n) is 11.5. The van der Waals surface area contributed by atoms with Crippen LogP contribution >= 0.6 is 12.2 Å². The van der Waals surface area contributed by atoms with Crippen molar-refractivity contribution in [2.24, 2.45) is 11.7 Å². The van der Waals surface area contributed by atoms with Crippen LogP contribution in [0.4, 0.5) is 5.69 Å². The molecule has 0 unspecified atom stereocenters. The van der Waals surface area contributed by atoms with E-state index in [9.17, 15) is 4.79 Å². The van der Waals surface area contributed by atoms with Crippen LogP contribution in [0.2, 0.25) is 0 Å².